The number of piperazine rings is 1. The molecule has 0 saturated carbocycles. The lowest BCUT2D eigenvalue weighted by Gasteiger charge is -2.31. The Kier molecular flexibility index (Phi) is 4.57. The van der Waals surface area contributed by atoms with Crippen molar-refractivity contribution in [2.75, 3.05) is 32.7 Å². The SMILES string of the molecule is Cc1cccc2c1N=CC2(OC(=O)CN1CCNCC1)c1ccccc1. The molecule has 2 aromatic rings. The van der Waals surface area contributed by atoms with E-state index >= 15 is 0 Å². The number of ether oxygens (including phenoxy) is 1. The van der Waals surface area contributed by atoms with Crippen LogP contribution in [0.1, 0.15) is 16.7 Å². The van der Waals surface area contributed by atoms with Crippen LogP contribution in [0.2, 0.25) is 0 Å². The first-order valence-electron chi connectivity index (χ1n) is 9.05. The fraction of sp³-hybridized carbons (Fsp3) is 0.333. The summed E-state index contributed by atoms with van der Waals surface area (Å²) < 4.78 is 6.12. The Balaban J connectivity index is 1.67. The summed E-state index contributed by atoms with van der Waals surface area (Å²) in [5, 5.41) is 3.30. The van der Waals surface area contributed by atoms with Gasteiger partial charge in [0.2, 0.25) is 0 Å². The maximum Gasteiger partial charge on any atom is 0.321 e. The molecule has 0 aliphatic carbocycles. The van der Waals surface area contributed by atoms with E-state index < -0.39 is 5.60 Å². The van der Waals surface area contributed by atoms with Gasteiger partial charge in [-0.05, 0) is 12.5 Å². The van der Waals surface area contributed by atoms with Gasteiger partial charge in [-0.25, -0.2) is 0 Å². The third-order valence-electron chi connectivity index (χ3n) is 5.05. The molecule has 1 unspecified atom stereocenters. The molecule has 0 aromatic heterocycles. The maximum atomic E-state index is 12.8. The zero-order valence-corrected chi connectivity index (χ0v) is 14.9. The van der Waals surface area contributed by atoms with Crippen LogP contribution >= 0.6 is 0 Å². The van der Waals surface area contributed by atoms with E-state index in [1.165, 1.54) is 0 Å². The van der Waals surface area contributed by atoms with Crippen molar-refractivity contribution in [1.29, 1.82) is 0 Å². The van der Waals surface area contributed by atoms with Crippen LogP contribution in [0.25, 0.3) is 0 Å². The van der Waals surface area contributed by atoms with Gasteiger partial charge in [0.25, 0.3) is 0 Å². The number of aliphatic imine (C=N–C) groups is 1. The molecule has 5 heteroatoms. The van der Waals surface area contributed by atoms with Gasteiger partial charge in [-0.1, -0.05) is 48.5 Å². The van der Waals surface area contributed by atoms with Gasteiger partial charge in [0.05, 0.1) is 18.4 Å². The van der Waals surface area contributed by atoms with Gasteiger partial charge >= 0.3 is 5.97 Å². The molecule has 1 N–H and O–H groups in total. The van der Waals surface area contributed by atoms with Crippen LogP contribution in [0, 0.1) is 6.92 Å². The lowest BCUT2D eigenvalue weighted by atomic mass is 9.87. The third-order valence-corrected chi connectivity index (χ3v) is 5.05. The highest BCUT2D eigenvalue weighted by Gasteiger charge is 2.42. The van der Waals surface area contributed by atoms with E-state index in [9.17, 15) is 4.79 Å². The molecular formula is C21H23N3O2. The van der Waals surface area contributed by atoms with Gasteiger partial charge in [0, 0.05) is 37.3 Å². The summed E-state index contributed by atoms with van der Waals surface area (Å²) in [6.45, 7) is 5.85. The van der Waals surface area contributed by atoms with Crippen LogP contribution < -0.4 is 5.32 Å². The number of benzene rings is 2. The van der Waals surface area contributed by atoms with Crippen LogP contribution in [0.4, 0.5) is 5.69 Å². The molecule has 0 amide bonds. The van der Waals surface area contributed by atoms with Crippen molar-refractivity contribution in [2.45, 2.75) is 12.5 Å². The fourth-order valence-corrected chi connectivity index (χ4v) is 3.67. The van der Waals surface area contributed by atoms with Crippen molar-refractivity contribution in [2.24, 2.45) is 4.99 Å². The number of hydrogen-bond acceptors (Lipinski definition) is 5. The summed E-state index contributed by atoms with van der Waals surface area (Å²) >= 11 is 0. The third kappa shape index (κ3) is 3.04. The Hall–Kier alpha value is -2.50. The molecule has 2 aliphatic rings. The molecule has 2 aromatic carbocycles. The van der Waals surface area contributed by atoms with E-state index in [2.05, 4.69) is 15.2 Å². The van der Waals surface area contributed by atoms with Gasteiger partial charge < -0.3 is 10.1 Å². The predicted molar refractivity (Wildman–Crippen MR) is 102 cm³/mol. The summed E-state index contributed by atoms with van der Waals surface area (Å²) in [4.78, 5) is 19.5. The van der Waals surface area contributed by atoms with E-state index in [1.54, 1.807) is 6.21 Å². The monoisotopic (exact) mass is 349 g/mol. The number of esters is 1. The van der Waals surface area contributed by atoms with Gasteiger partial charge in [-0.15, -0.1) is 0 Å². The summed E-state index contributed by atoms with van der Waals surface area (Å²) in [6.07, 6.45) is 1.77. The van der Waals surface area contributed by atoms with Crippen molar-refractivity contribution in [3.05, 3.63) is 65.2 Å². The summed E-state index contributed by atoms with van der Waals surface area (Å²) in [5.74, 6) is -0.225. The van der Waals surface area contributed by atoms with E-state index in [0.29, 0.717) is 6.54 Å². The topological polar surface area (TPSA) is 53.9 Å². The number of rotatable bonds is 4. The van der Waals surface area contributed by atoms with Crippen LogP contribution in [0.3, 0.4) is 0 Å². The number of hydrogen-bond donors (Lipinski definition) is 1. The summed E-state index contributed by atoms with van der Waals surface area (Å²) in [5.41, 5.74) is 2.87. The predicted octanol–water partition coefficient (Wildman–Crippen LogP) is 2.40. The van der Waals surface area contributed by atoms with Crippen LogP contribution in [-0.4, -0.2) is 49.8 Å². The minimum absolute atomic E-state index is 0.225. The molecule has 0 bridgehead atoms. The number of nitrogens with zero attached hydrogens (tertiary/aromatic N) is 2. The minimum atomic E-state index is -0.951. The molecule has 5 nitrogen and oxygen atoms in total. The zero-order chi connectivity index (χ0) is 18.0. The fourth-order valence-electron chi connectivity index (χ4n) is 3.67. The highest BCUT2D eigenvalue weighted by molar-refractivity contribution is 5.91. The van der Waals surface area contributed by atoms with E-state index in [-0.39, 0.29) is 5.97 Å². The van der Waals surface area contributed by atoms with Crippen molar-refractivity contribution in [1.82, 2.24) is 10.2 Å². The average Bonchev–Trinajstić information content (AvgIpc) is 3.04. The number of para-hydroxylation sites is 1. The number of carbonyl (C=O) groups is 1. The zero-order valence-electron chi connectivity index (χ0n) is 14.9. The van der Waals surface area contributed by atoms with Gasteiger partial charge in [0.1, 0.15) is 0 Å². The maximum absolute atomic E-state index is 12.8. The van der Waals surface area contributed by atoms with Crippen molar-refractivity contribution in [3.63, 3.8) is 0 Å². The molecule has 4 rings (SSSR count). The molecule has 26 heavy (non-hydrogen) atoms. The average molecular weight is 349 g/mol. The largest absolute Gasteiger partial charge is 0.442 e. The number of nitrogens with one attached hydrogen (secondary N) is 1. The second-order valence-electron chi connectivity index (χ2n) is 6.83. The molecule has 0 spiro atoms. The molecule has 1 atom stereocenters. The Bertz CT molecular complexity index is 828. The first kappa shape index (κ1) is 16.9. The first-order valence-corrected chi connectivity index (χ1v) is 9.05. The van der Waals surface area contributed by atoms with Crippen molar-refractivity contribution >= 4 is 17.9 Å². The van der Waals surface area contributed by atoms with Gasteiger partial charge in [0.15, 0.2) is 5.60 Å². The second-order valence-corrected chi connectivity index (χ2v) is 6.83. The molecule has 2 aliphatic heterocycles. The Morgan fingerprint density at radius 2 is 1.92 bits per heavy atom. The first-order chi connectivity index (χ1) is 12.7. The van der Waals surface area contributed by atoms with Gasteiger partial charge in [-0.3, -0.25) is 14.7 Å². The van der Waals surface area contributed by atoms with Gasteiger partial charge in [-0.2, -0.15) is 0 Å². The molecule has 1 saturated heterocycles. The summed E-state index contributed by atoms with van der Waals surface area (Å²) in [7, 11) is 0. The van der Waals surface area contributed by atoms with Crippen LogP contribution in [0.15, 0.2) is 53.5 Å². The van der Waals surface area contributed by atoms with Crippen LogP contribution in [0.5, 0.6) is 0 Å². The Morgan fingerprint density at radius 3 is 2.69 bits per heavy atom. The normalized spacial score (nSPS) is 22.2. The molecule has 0 radical (unpaired) electrons. The Morgan fingerprint density at radius 1 is 1.15 bits per heavy atom. The number of aryl methyl sites for hydroxylation is 1. The minimum Gasteiger partial charge on any atom is -0.442 e. The lowest BCUT2D eigenvalue weighted by Crippen LogP contribution is -2.47. The van der Waals surface area contributed by atoms with E-state index in [0.717, 1.165) is 48.6 Å². The molecule has 2 heterocycles. The number of carbonyl (C=O) groups excluding carboxylic acids is 1. The van der Waals surface area contributed by atoms with Crippen LogP contribution in [-0.2, 0) is 15.1 Å². The lowest BCUT2D eigenvalue weighted by molar-refractivity contribution is -0.152. The van der Waals surface area contributed by atoms with Crippen molar-refractivity contribution < 1.29 is 9.53 Å². The standard InChI is InChI=1S/C21H23N3O2/c1-16-6-5-9-18-20(16)23-15-21(18,17-7-3-2-4-8-17)26-19(25)14-24-12-10-22-11-13-24/h2-9,15,22H,10-14H2,1H3. The second kappa shape index (κ2) is 7.02. The molecule has 134 valence electrons. The Labute approximate surface area is 153 Å². The molecule has 1 fully saturated rings. The quantitative estimate of drug-likeness (QED) is 0.862. The summed E-state index contributed by atoms with van der Waals surface area (Å²) in [6, 6.07) is 15.9. The highest BCUT2D eigenvalue weighted by Crippen LogP contribution is 2.44. The number of fused-ring (bicyclic) bond motifs is 1. The van der Waals surface area contributed by atoms with Crippen molar-refractivity contribution in [3.8, 4) is 0 Å². The van der Waals surface area contributed by atoms with E-state index in [4.69, 9.17) is 4.74 Å². The van der Waals surface area contributed by atoms with E-state index in [1.807, 2.05) is 55.5 Å². The molecular weight excluding hydrogens is 326 g/mol. The smallest absolute Gasteiger partial charge is 0.321 e. The highest BCUT2D eigenvalue weighted by atomic mass is 16.6.